The first-order valence-electron chi connectivity index (χ1n) is 3.36. The number of hydrogen-bond donors (Lipinski definition) is 0. The Kier molecular flexibility index (Phi) is 6.15. The van der Waals surface area contributed by atoms with Gasteiger partial charge in [-0.2, -0.15) is 0 Å². The molecule has 1 rings (SSSR count). The van der Waals surface area contributed by atoms with E-state index in [-0.39, 0.29) is 28.6 Å². The van der Waals surface area contributed by atoms with Crippen molar-refractivity contribution in [1.29, 1.82) is 0 Å². The molecule has 10 heavy (non-hydrogen) atoms. The van der Waals surface area contributed by atoms with Crippen LogP contribution in [0.4, 0.5) is 0 Å². The third kappa shape index (κ3) is 3.43. The van der Waals surface area contributed by atoms with Gasteiger partial charge in [0.2, 0.25) is 0 Å². The number of rotatable bonds is 3. The normalized spacial score (nSPS) is 15.9. The van der Waals surface area contributed by atoms with Crippen LogP contribution in [0.2, 0.25) is 0 Å². The van der Waals surface area contributed by atoms with Crippen molar-refractivity contribution in [1.82, 2.24) is 0 Å². The van der Waals surface area contributed by atoms with Crippen LogP contribution in [0.5, 0.6) is 0 Å². The molecule has 0 aromatic rings. The van der Waals surface area contributed by atoms with Gasteiger partial charge in [0.15, 0.2) is 9.76 Å². The van der Waals surface area contributed by atoms with Crippen molar-refractivity contribution in [3.8, 4) is 0 Å². The molecule has 52 valence electrons. The van der Waals surface area contributed by atoms with E-state index in [2.05, 4.69) is 25.2 Å². The molecule has 0 aromatic heterocycles. The molecule has 0 spiro atoms. The topological polar surface area (TPSA) is 9.23 Å². The van der Waals surface area contributed by atoms with Crippen molar-refractivity contribution in [2.45, 2.75) is 13.3 Å². The molecule has 0 aliphatic heterocycles. The Morgan fingerprint density at radius 1 is 1.70 bits per heavy atom. The summed E-state index contributed by atoms with van der Waals surface area (Å²) in [5.41, 5.74) is 0. The maximum atomic E-state index is 5.35. The molecule has 0 atom stereocenters. The van der Waals surface area contributed by atoms with E-state index < -0.39 is 0 Å². The van der Waals surface area contributed by atoms with Crippen molar-refractivity contribution in [2.24, 2.45) is 0 Å². The molecule has 0 aromatic carbocycles. The summed E-state index contributed by atoms with van der Waals surface area (Å²) in [6.45, 7) is 2.93. The van der Waals surface area contributed by atoms with Crippen LogP contribution in [-0.4, -0.2) is 35.2 Å². The minimum atomic E-state index is -0.314. The first-order valence-corrected chi connectivity index (χ1v) is 4.64. The molecule has 0 radical (unpaired) electrons. The van der Waals surface area contributed by atoms with E-state index in [0.717, 1.165) is 13.0 Å². The number of hydrogen-bond acceptors (Lipinski definition) is 1. The predicted octanol–water partition coefficient (Wildman–Crippen LogP) is 0.302. The standard InChI is InChI=1S/C7H12OSi.Li.H/c1-2-8-9-7-5-3-4-6-7;;/h3-5H,2,6,9H2,1H3;;. The molecule has 0 saturated heterocycles. The van der Waals surface area contributed by atoms with Gasteiger partial charge < -0.3 is 4.43 Å². The van der Waals surface area contributed by atoms with Gasteiger partial charge in [0.05, 0.1) is 0 Å². The van der Waals surface area contributed by atoms with Crippen molar-refractivity contribution < 1.29 is 4.43 Å². The van der Waals surface area contributed by atoms with Gasteiger partial charge in [0.25, 0.3) is 0 Å². The van der Waals surface area contributed by atoms with Gasteiger partial charge in [-0.3, -0.25) is 0 Å². The van der Waals surface area contributed by atoms with Crippen molar-refractivity contribution in [3.63, 3.8) is 0 Å². The fraction of sp³-hybridized carbons (Fsp3) is 0.429. The molecule has 1 nitrogen and oxygen atoms in total. The first kappa shape index (κ1) is 10.3. The van der Waals surface area contributed by atoms with E-state index in [1.54, 1.807) is 0 Å². The van der Waals surface area contributed by atoms with Crippen LogP contribution < -0.4 is 0 Å². The molecule has 1 aliphatic carbocycles. The Morgan fingerprint density at radius 2 is 2.50 bits per heavy atom. The molecule has 0 N–H and O–H groups in total. The van der Waals surface area contributed by atoms with E-state index >= 15 is 0 Å². The second kappa shape index (κ2) is 6.00. The van der Waals surface area contributed by atoms with Crippen LogP contribution in [0, 0.1) is 0 Å². The molecule has 3 heteroatoms. The van der Waals surface area contributed by atoms with E-state index in [0.29, 0.717) is 0 Å². The van der Waals surface area contributed by atoms with Crippen molar-refractivity contribution in [3.05, 3.63) is 23.4 Å². The Morgan fingerprint density at radius 3 is 3.00 bits per heavy atom. The van der Waals surface area contributed by atoms with Gasteiger partial charge in [-0.25, -0.2) is 0 Å². The molecule has 0 bridgehead atoms. The van der Waals surface area contributed by atoms with Crippen LogP contribution in [0.15, 0.2) is 23.4 Å². The van der Waals surface area contributed by atoms with Crippen molar-refractivity contribution in [2.75, 3.05) is 6.61 Å². The summed E-state index contributed by atoms with van der Waals surface area (Å²) in [6, 6.07) is 0. The molecule has 0 heterocycles. The van der Waals surface area contributed by atoms with Gasteiger partial charge in [-0.1, -0.05) is 23.4 Å². The van der Waals surface area contributed by atoms with Gasteiger partial charge in [0.1, 0.15) is 0 Å². The van der Waals surface area contributed by atoms with E-state index in [1.165, 1.54) is 5.20 Å². The summed E-state index contributed by atoms with van der Waals surface area (Å²) in [5, 5.41) is 1.52. The SMILES string of the molecule is CCO[SiH2]C1=CC=CC1.[LiH]. The molecule has 0 amide bonds. The molecule has 0 saturated carbocycles. The summed E-state index contributed by atoms with van der Waals surface area (Å²) in [4.78, 5) is 0. The second-order valence-corrected chi connectivity index (χ2v) is 3.70. The number of allylic oxidation sites excluding steroid dienone is 4. The summed E-state index contributed by atoms with van der Waals surface area (Å²) >= 11 is 0. The molecular formula is C7H13LiOSi. The quantitative estimate of drug-likeness (QED) is 0.523. The Bertz CT molecular complexity index is 143. The Labute approximate surface area is 76.7 Å². The van der Waals surface area contributed by atoms with Crippen molar-refractivity contribution >= 4 is 28.6 Å². The van der Waals surface area contributed by atoms with Gasteiger partial charge in [0, 0.05) is 6.61 Å². The Balaban J connectivity index is 0.000000810. The van der Waals surface area contributed by atoms with Crippen LogP contribution in [-0.2, 0) is 4.43 Å². The summed E-state index contributed by atoms with van der Waals surface area (Å²) in [6.07, 6.45) is 7.62. The molecule has 0 unspecified atom stereocenters. The third-order valence-corrected chi connectivity index (χ3v) is 2.85. The zero-order valence-electron chi connectivity index (χ0n) is 5.76. The zero-order chi connectivity index (χ0) is 6.53. The van der Waals surface area contributed by atoms with Gasteiger partial charge in [-0.05, 0) is 13.3 Å². The molecule has 1 aliphatic rings. The van der Waals surface area contributed by atoms with E-state index in [4.69, 9.17) is 4.43 Å². The van der Waals surface area contributed by atoms with Crippen LogP contribution >= 0.6 is 0 Å². The first-order chi connectivity index (χ1) is 4.43. The third-order valence-electron chi connectivity index (χ3n) is 1.34. The fourth-order valence-electron chi connectivity index (χ4n) is 0.832. The van der Waals surface area contributed by atoms with E-state index in [9.17, 15) is 0 Å². The molecule has 0 fully saturated rings. The Hall–Kier alpha value is 0.254. The monoisotopic (exact) mass is 148 g/mol. The van der Waals surface area contributed by atoms with E-state index in [1.807, 2.05) is 0 Å². The average molecular weight is 148 g/mol. The van der Waals surface area contributed by atoms with Crippen LogP contribution in [0.25, 0.3) is 0 Å². The predicted molar refractivity (Wildman–Crippen MR) is 49.2 cm³/mol. The van der Waals surface area contributed by atoms with Gasteiger partial charge >= 0.3 is 18.9 Å². The minimum absolute atomic E-state index is 0. The summed E-state index contributed by atoms with van der Waals surface area (Å²) in [7, 11) is -0.314. The summed E-state index contributed by atoms with van der Waals surface area (Å²) in [5.74, 6) is 0. The van der Waals surface area contributed by atoms with Gasteiger partial charge in [-0.15, -0.1) is 0 Å². The van der Waals surface area contributed by atoms with Crippen LogP contribution in [0.1, 0.15) is 13.3 Å². The maximum absolute atomic E-state index is 5.35. The molecular weight excluding hydrogens is 135 g/mol. The summed E-state index contributed by atoms with van der Waals surface area (Å²) < 4.78 is 5.35. The second-order valence-electron chi connectivity index (χ2n) is 2.09. The van der Waals surface area contributed by atoms with Crippen LogP contribution in [0.3, 0.4) is 0 Å². The fourth-order valence-corrected chi connectivity index (χ4v) is 1.81. The average Bonchev–Trinajstić information content (AvgIpc) is 2.34. The zero-order valence-corrected chi connectivity index (χ0v) is 7.18.